The predicted octanol–water partition coefficient (Wildman–Crippen LogP) is 5.10. The first kappa shape index (κ1) is 19.5. The first-order valence-electron chi connectivity index (χ1n) is 8.73. The zero-order valence-corrected chi connectivity index (χ0v) is 16.7. The second-order valence-electron chi connectivity index (χ2n) is 6.63. The maximum atomic E-state index is 9.77. The molecule has 3 rings (SSSR count). The second kappa shape index (κ2) is 8.15. The highest BCUT2D eigenvalue weighted by molar-refractivity contribution is 7.80. The van der Waals surface area contributed by atoms with Crippen molar-refractivity contribution in [2.24, 2.45) is 5.73 Å². The Hall–Kier alpha value is -2.30. The van der Waals surface area contributed by atoms with E-state index in [-0.39, 0.29) is 11.8 Å². The summed E-state index contributed by atoms with van der Waals surface area (Å²) in [6, 6.07) is 13.8. The number of hydrogen-bond donors (Lipinski definition) is 4. The van der Waals surface area contributed by atoms with Crippen LogP contribution in [0.4, 0.5) is 0 Å². The molecule has 2 aromatic carbocycles. The number of halogens is 1. The quantitative estimate of drug-likeness (QED) is 0.388. The first-order chi connectivity index (χ1) is 12.9. The van der Waals surface area contributed by atoms with E-state index in [1.807, 2.05) is 30.3 Å². The Morgan fingerprint density at radius 2 is 1.85 bits per heavy atom. The largest absolute Gasteiger partial charge is 0.511 e. The molecule has 0 saturated carbocycles. The average Bonchev–Trinajstić information content (AvgIpc) is 2.98. The fourth-order valence-electron chi connectivity index (χ4n) is 3.29. The van der Waals surface area contributed by atoms with Crippen molar-refractivity contribution in [1.82, 2.24) is 5.32 Å². The Balaban J connectivity index is 1.82. The zero-order chi connectivity index (χ0) is 19.6. The highest BCUT2D eigenvalue weighted by atomic mass is 35.5. The third-order valence-corrected chi connectivity index (χ3v) is 5.31. The van der Waals surface area contributed by atoms with E-state index in [0.717, 1.165) is 38.5 Å². The minimum absolute atomic E-state index is 0.0740. The number of allylic oxidation sites excluding steroid dienone is 1. The van der Waals surface area contributed by atoms with E-state index in [4.69, 9.17) is 17.3 Å². The van der Waals surface area contributed by atoms with Gasteiger partial charge in [0.1, 0.15) is 5.76 Å². The Morgan fingerprint density at radius 3 is 2.48 bits per heavy atom. The van der Waals surface area contributed by atoms with Crippen molar-refractivity contribution >= 4 is 29.9 Å². The number of benzene rings is 2. The summed E-state index contributed by atoms with van der Waals surface area (Å²) in [6.45, 7) is 7.75. The van der Waals surface area contributed by atoms with Crippen molar-refractivity contribution < 1.29 is 5.11 Å². The van der Waals surface area contributed by atoms with E-state index in [1.54, 1.807) is 0 Å². The highest BCUT2D eigenvalue weighted by Crippen LogP contribution is 2.35. The van der Waals surface area contributed by atoms with Crippen LogP contribution in [0.15, 0.2) is 72.7 Å². The van der Waals surface area contributed by atoms with Gasteiger partial charge in [0, 0.05) is 34.0 Å². The predicted molar refractivity (Wildman–Crippen MR) is 118 cm³/mol. The van der Waals surface area contributed by atoms with Gasteiger partial charge in [-0.25, -0.2) is 0 Å². The van der Waals surface area contributed by atoms with Crippen LogP contribution in [-0.2, 0) is 6.42 Å². The SMILES string of the molecule is C=C(NC(CCS)C(=C)O)C1=C(N)c2ccc(-c3ccc(Cl)cc3)cc2C1. The molecule has 0 aliphatic heterocycles. The van der Waals surface area contributed by atoms with Gasteiger partial charge in [0.15, 0.2) is 0 Å². The molecule has 2 aromatic rings. The van der Waals surface area contributed by atoms with E-state index in [1.165, 1.54) is 0 Å². The van der Waals surface area contributed by atoms with Crippen molar-refractivity contribution in [3.8, 4) is 11.1 Å². The van der Waals surface area contributed by atoms with E-state index in [2.05, 4.69) is 43.2 Å². The van der Waals surface area contributed by atoms with Gasteiger partial charge in [-0.05, 0) is 41.0 Å². The summed E-state index contributed by atoms with van der Waals surface area (Å²) < 4.78 is 0. The van der Waals surface area contributed by atoms with Crippen molar-refractivity contribution in [1.29, 1.82) is 0 Å². The molecule has 0 saturated heterocycles. The number of nitrogens with two attached hydrogens (primary N) is 1. The van der Waals surface area contributed by atoms with Crippen LogP contribution < -0.4 is 11.1 Å². The number of aliphatic hydroxyl groups excluding tert-OH is 1. The van der Waals surface area contributed by atoms with Gasteiger partial charge in [0.2, 0.25) is 0 Å². The van der Waals surface area contributed by atoms with Crippen molar-refractivity contribution in [2.45, 2.75) is 18.9 Å². The summed E-state index contributed by atoms with van der Waals surface area (Å²) >= 11 is 10.2. The first-order valence-corrected chi connectivity index (χ1v) is 9.74. The molecule has 1 aliphatic carbocycles. The van der Waals surface area contributed by atoms with Gasteiger partial charge in [0.25, 0.3) is 0 Å². The van der Waals surface area contributed by atoms with E-state index in [0.29, 0.717) is 24.3 Å². The summed E-state index contributed by atoms with van der Waals surface area (Å²) in [6.07, 6.45) is 1.35. The number of fused-ring (bicyclic) bond motifs is 1. The molecular weight excluding hydrogens is 376 g/mol. The third-order valence-electron chi connectivity index (χ3n) is 4.80. The molecule has 1 unspecified atom stereocenters. The zero-order valence-electron chi connectivity index (χ0n) is 15.0. The molecule has 0 aromatic heterocycles. The van der Waals surface area contributed by atoms with Crippen LogP contribution in [0.25, 0.3) is 16.8 Å². The fraction of sp³-hybridized carbons (Fsp3) is 0.182. The lowest BCUT2D eigenvalue weighted by atomic mass is 9.99. The Labute approximate surface area is 170 Å². The van der Waals surface area contributed by atoms with Gasteiger partial charge in [-0.2, -0.15) is 12.6 Å². The van der Waals surface area contributed by atoms with Gasteiger partial charge in [-0.3, -0.25) is 0 Å². The van der Waals surface area contributed by atoms with Crippen LogP contribution in [0.5, 0.6) is 0 Å². The van der Waals surface area contributed by atoms with E-state index in [9.17, 15) is 5.11 Å². The molecule has 140 valence electrons. The van der Waals surface area contributed by atoms with Crippen LogP contribution in [0.3, 0.4) is 0 Å². The van der Waals surface area contributed by atoms with Crippen LogP contribution >= 0.6 is 24.2 Å². The van der Waals surface area contributed by atoms with E-state index >= 15 is 0 Å². The monoisotopic (exact) mass is 398 g/mol. The van der Waals surface area contributed by atoms with E-state index < -0.39 is 0 Å². The smallest absolute Gasteiger partial charge is 0.107 e. The molecule has 5 heteroatoms. The summed E-state index contributed by atoms with van der Waals surface area (Å²) in [7, 11) is 0. The maximum absolute atomic E-state index is 9.77. The number of rotatable bonds is 7. The Morgan fingerprint density at radius 1 is 1.19 bits per heavy atom. The lowest BCUT2D eigenvalue weighted by Crippen LogP contribution is -2.31. The lowest BCUT2D eigenvalue weighted by molar-refractivity contribution is 0.349. The summed E-state index contributed by atoms with van der Waals surface area (Å²) in [4.78, 5) is 0. The summed E-state index contributed by atoms with van der Waals surface area (Å²) in [5.74, 6) is 0.703. The van der Waals surface area contributed by atoms with Gasteiger partial charge >= 0.3 is 0 Å². The van der Waals surface area contributed by atoms with Gasteiger partial charge in [0.05, 0.1) is 6.04 Å². The van der Waals surface area contributed by atoms with Crippen LogP contribution in [0, 0.1) is 0 Å². The highest BCUT2D eigenvalue weighted by Gasteiger charge is 2.23. The number of thiol groups is 1. The molecule has 0 fully saturated rings. The second-order valence-corrected chi connectivity index (χ2v) is 7.51. The van der Waals surface area contributed by atoms with Gasteiger partial charge in [-0.15, -0.1) is 0 Å². The minimum atomic E-state index is -0.288. The Bertz CT molecular complexity index is 918. The normalized spacial score (nSPS) is 14.0. The molecule has 27 heavy (non-hydrogen) atoms. The molecule has 0 heterocycles. The standard InChI is InChI=1S/C22H23ClN2OS/c1-13(25-21(9-10-27)14(2)26)20-12-17-11-16(5-8-19(17)22(20)24)15-3-6-18(23)7-4-15/h3-8,11,21,25-27H,1-2,9-10,12,24H2. The van der Waals surface area contributed by atoms with Gasteiger partial charge in [-0.1, -0.05) is 55.1 Å². The fourth-order valence-corrected chi connectivity index (χ4v) is 3.67. The average molecular weight is 399 g/mol. The topological polar surface area (TPSA) is 58.3 Å². The van der Waals surface area contributed by atoms with Crippen molar-refractivity contribution in [3.05, 3.63) is 88.8 Å². The van der Waals surface area contributed by atoms with Crippen molar-refractivity contribution in [3.63, 3.8) is 0 Å². The summed E-state index contributed by atoms with van der Waals surface area (Å²) in [5, 5.41) is 13.7. The van der Waals surface area contributed by atoms with Gasteiger partial charge < -0.3 is 16.2 Å². The molecule has 4 N–H and O–H groups in total. The Kier molecular flexibility index (Phi) is 5.88. The molecule has 0 amide bonds. The van der Waals surface area contributed by atoms with Crippen LogP contribution in [-0.4, -0.2) is 16.9 Å². The van der Waals surface area contributed by atoms with Crippen LogP contribution in [0.2, 0.25) is 5.02 Å². The minimum Gasteiger partial charge on any atom is -0.511 e. The molecule has 0 bridgehead atoms. The molecule has 0 spiro atoms. The maximum Gasteiger partial charge on any atom is 0.107 e. The molecule has 3 nitrogen and oxygen atoms in total. The molecule has 0 radical (unpaired) electrons. The molecular formula is C22H23ClN2OS. The number of nitrogens with one attached hydrogen (secondary N) is 1. The molecule has 1 aliphatic rings. The lowest BCUT2D eigenvalue weighted by Gasteiger charge is -2.20. The van der Waals surface area contributed by atoms with Crippen LogP contribution in [0.1, 0.15) is 17.5 Å². The third kappa shape index (κ3) is 4.18. The number of aliphatic hydroxyl groups is 1. The molecule has 1 atom stereocenters. The van der Waals surface area contributed by atoms with Crippen molar-refractivity contribution in [2.75, 3.05) is 5.75 Å². The number of hydrogen-bond acceptors (Lipinski definition) is 4. The summed E-state index contributed by atoms with van der Waals surface area (Å²) in [5.41, 5.74) is 13.2.